The Balaban J connectivity index is 1.23. The van der Waals surface area contributed by atoms with E-state index < -0.39 is 0 Å². The van der Waals surface area contributed by atoms with E-state index in [9.17, 15) is 0 Å². The third kappa shape index (κ3) is 5.34. The van der Waals surface area contributed by atoms with E-state index in [-0.39, 0.29) is 0 Å². The van der Waals surface area contributed by atoms with Gasteiger partial charge in [-0.25, -0.2) is 15.0 Å². The molecular formula is C49H30N4OS. The molecule has 11 rings (SSSR count). The summed E-state index contributed by atoms with van der Waals surface area (Å²) in [5.74, 6) is 1.80. The summed E-state index contributed by atoms with van der Waals surface area (Å²) in [5.41, 5.74) is 7.30. The van der Waals surface area contributed by atoms with E-state index in [0.717, 1.165) is 71.8 Å². The highest BCUT2D eigenvalue weighted by atomic mass is 32.1. The number of furan rings is 1. The Bertz CT molecular complexity index is 3190. The van der Waals surface area contributed by atoms with Crippen LogP contribution in [0.2, 0.25) is 0 Å². The summed E-state index contributed by atoms with van der Waals surface area (Å²) in [6.45, 7) is 0. The second kappa shape index (κ2) is 12.8. The van der Waals surface area contributed by atoms with Gasteiger partial charge in [0.1, 0.15) is 11.2 Å². The van der Waals surface area contributed by atoms with Gasteiger partial charge in [0.15, 0.2) is 17.5 Å². The fraction of sp³-hybridized carbons (Fsp3) is 0. The molecule has 55 heavy (non-hydrogen) atoms. The zero-order valence-corrected chi connectivity index (χ0v) is 30.2. The van der Waals surface area contributed by atoms with Crippen molar-refractivity contribution in [1.29, 1.82) is 0 Å². The van der Waals surface area contributed by atoms with Crippen LogP contribution in [-0.4, -0.2) is 15.0 Å². The lowest BCUT2D eigenvalue weighted by molar-refractivity contribution is 0.669. The predicted molar refractivity (Wildman–Crippen MR) is 228 cm³/mol. The minimum absolute atomic E-state index is 0.573. The van der Waals surface area contributed by atoms with Crippen molar-refractivity contribution in [3.8, 4) is 34.2 Å². The van der Waals surface area contributed by atoms with Crippen LogP contribution in [0, 0.1) is 0 Å². The lowest BCUT2D eigenvalue weighted by Crippen LogP contribution is -2.10. The maximum absolute atomic E-state index is 6.65. The first kappa shape index (κ1) is 31.4. The number of nitrogens with zero attached hydrogens (tertiary/aromatic N) is 4. The van der Waals surface area contributed by atoms with Gasteiger partial charge in [0.25, 0.3) is 0 Å². The van der Waals surface area contributed by atoms with Crippen molar-refractivity contribution in [3.05, 3.63) is 182 Å². The molecule has 0 fully saturated rings. The second-order valence-corrected chi connectivity index (χ2v) is 14.7. The van der Waals surface area contributed by atoms with Crippen LogP contribution < -0.4 is 4.90 Å². The maximum Gasteiger partial charge on any atom is 0.164 e. The Morgan fingerprint density at radius 1 is 0.400 bits per heavy atom. The Morgan fingerprint density at radius 2 is 1.04 bits per heavy atom. The van der Waals surface area contributed by atoms with Gasteiger partial charge in [0, 0.05) is 65.1 Å². The standard InChI is InChI=1S/C49H30N4OS/c1-3-16-34(17-4-1)53(35-18-5-2-6-19-35)36-29-40(45-37-20-9-11-23-41(37)54-42(45)30-36)49-51-47(33-27-26-31-14-7-8-15-32(31)28-33)50-48(52-49)39-22-13-25-44-46(39)38-21-10-12-24-43(38)55-44/h1-30H. The number of rotatable bonds is 6. The van der Waals surface area contributed by atoms with Gasteiger partial charge in [-0.15, -0.1) is 11.3 Å². The van der Waals surface area contributed by atoms with Crippen molar-refractivity contribution in [2.75, 3.05) is 4.90 Å². The SMILES string of the molecule is c1ccc(N(c2ccccc2)c2cc(-c3nc(-c4ccc5ccccc5c4)nc(-c4cccc5sc6ccccc6c45)n3)c3c(c2)oc2ccccc23)cc1. The summed E-state index contributed by atoms with van der Waals surface area (Å²) in [5, 5.41) is 6.60. The van der Waals surface area contributed by atoms with Gasteiger partial charge >= 0.3 is 0 Å². The van der Waals surface area contributed by atoms with Gasteiger partial charge in [-0.2, -0.15) is 0 Å². The molecule has 3 heterocycles. The first-order chi connectivity index (χ1) is 27.2. The number of aromatic nitrogens is 3. The molecular weight excluding hydrogens is 693 g/mol. The summed E-state index contributed by atoms with van der Waals surface area (Å²) >= 11 is 1.79. The molecule has 0 aliphatic carbocycles. The minimum atomic E-state index is 0.573. The zero-order valence-electron chi connectivity index (χ0n) is 29.4. The number of fused-ring (bicyclic) bond motifs is 7. The molecule has 11 aromatic rings. The Morgan fingerprint density at radius 3 is 1.84 bits per heavy atom. The van der Waals surface area contributed by atoms with Crippen LogP contribution in [0.1, 0.15) is 0 Å². The van der Waals surface area contributed by atoms with Gasteiger partial charge in [0.2, 0.25) is 0 Å². The Hall–Kier alpha value is -7.15. The fourth-order valence-corrected chi connectivity index (χ4v) is 8.91. The van der Waals surface area contributed by atoms with Crippen LogP contribution in [0.25, 0.3) is 87.0 Å². The van der Waals surface area contributed by atoms with Crippen LogP contribution in [0.5, 0.6) is 0 Å². The van der Waals surface area contributed by atoms with Gasteiger partial charge in [-0.1, -0.05) is 121 Å². The van der Waals surface area contributed by atoms with Gasteiger partial charge in [-0.3, -0.25) is 0 Å². The van der Waals surface area contributed by atoms with E-state index in [1.54, 1.807) is 11.3 Å². The third-order valence-corrected chi connectivity index (χ3v) is 11.4. The average molecular weight is 723 g/mol. The molecule has 0 N–H and O–H groups in total. The molecule has 0 spiro atoms. The van der Waals surface area contributed by atoms with Crippen molar-refractivity contribution >= 4 is 81.3 Å². The summed E-state index contributed by atoms with van der Waals surface area (Å²) in [6, 6.07) is 63.2. The monoisotopic (exact) mass is 722 g/mol. The molecule has 0 atom stereocenters. The summed E-state index contributed by atoms with van der Waals surface area (Å²) in [6.07, 6.45) is 0. The lowest BCUT2D eigenvalue weighted by atomic mass is 10.0. The topological polar surface area (TPSA) is 55.1 Å². The molecule has 3 aromatic heterocycles. The molecule has 258 valence electrons. The van der Waals surface area contributed by atoms with E-state index >= 15 is 0 Å². The number of para-hydroxylation sites is 3. The van der Waals surface area contributed by atoms with Crippen molar-refractivity contribution in [1.82, 2.24) is 15.0 Å². The highest BCUT2D eigenvalue weighted by Crippen LogP contribution is 2.44. The lowest BCUT2D eigenvalue weighted by Gasteiger charge is -2.26. The van der Waals surface area contributed by atoms with E-state index in [4.69, 9.17) is 19.4 Å². The summed E-state index contributed by atoms with van der Waals surface area (Å²) in [4.78, 5) is 18.3. The van der Waals surface area contributed by atoms with Crippen LogP contribution in [0.15, 0.2) is 186 Å². The van der Waals surface area contributed by atoms with Crippen molar-refractivity contribution < 1.29 is 4.42 Å². The number of thiophene rings is 1. The smallest absolute Gasteiger partial charge is 0.164 e. The van der Waals surface area contributed by atoms with E-state index in [2.05, 4.69) is 163 Å². The highest BCUT2D eigenvalue weighted by molar-refractivity contribution is 7.25. The second-order valence-electron chi connectivity index (χ2n) is 13.6. The molecule has 0 unspecified atom stereocenters. The molecule has 0 bridgehead atoms. The summed E-state index contributed by atoms with van der Waals surface area (Å²) in [7, 11) is 0. The third-order valence-electron chi connectivity index (χ3n) is 10.3. The number of hydrogen-bond acceptors (Lipinski definition) is 6. The molecule has 0 aliphatic heterocycles. The number of benzene rings is 8. The van der Waals surface area contributed by atoms with Crippen LogP contribution in [0.4, 0.5) is 17.1 Å². The maximum atomic E-state index is 6.65. The molecule has 8 aromatic carbocycles. The first-order valence-electron chi connectivity index (χ1n) is 18.3. The molecule has 0 saturated carbocycles. The first-order valence-corrected chi connectivity index (χ1v) is 19.1. The van der Waals surface area contributed by atoms with Crippen LogP contribution in [-0.2, 0) is 0 Å². The Kier molecular flexibility index (Phi) is 7.28. The predicted octanol–water partition coefficient (Wildman–Crippen LogP) is 13.8. The van der Waals surface area contributed by atoms with Crippen molar-refractivity contribution in [3.63, 3.8) is 0 Å². The summed E-state index contributed by atoms with van der Waals surface area (Å²) < 4.78 is 9.08. The molecule has 0 aliphatic rings. The van der Waals surface area contributed by atoms with Gasteiger partial charge in [-0.05, 0) is 65.4 Å². The van der Waals surface area contributed by atoms with Crippen molar-refractivity contribution in [2.45, 2.75) is 0 Å². The van der Waals surface area contributed by atoms with Crippen LogP contribution in [0.3, 0.4) is 0 Å². The van der Waals surface area contributed by atoms with E-state index in [0.29, 0.717) is 17.5 Å². The molecule has 5 nitrogen and oxygen atoms in total. The van der Waals surface area contributed by atoms with E-state index in [1.165, 1.54) is 14.8 Å². The Labute approximate surface area is 320 Å². The zero-order chi connectivity index (χ0) is 36.3. The largest absolute Gasteiger partial charge is 0.456 e. The highest BCUT2D eigenvalue weighted by Gasteiger charge is 2.23. The average Bonchev–Trinajstić information content (AvgIpc) is 3.82. The number of hydrogen-bond donors (Lipinski definition) is 0. The molecule has 0 radical (unpaired) electrons. The molecule has 0 amide bonds. The minimum Gasteiger partial charge on any atom is -0.456 e. The fourth-order valence-electron chi connectivity index (χ4n) is 7.78. The van der Waals surface area contributed by atoms with E-state index in [1.807, 2.05) is 24.3 Å². The normalized spacial score (nSPS) is 11.6. The van der Waals surface area contributed by atoms with Crippen LogP contribution >= 0.6 is 11.3 Å². The van der Waals surface area contributed by atoms with Crippen molar-refractivity contribution in [2.24, 2.45) is 0 Å². The molecule has 6 heteroatoms. The quantitative estimate of drug-likeness (QED) is 0.171. The number of anilines is 3. The molecule has 0 saturated heterocycles. The van der Waals surface area contributed by atoms with Gasteiger partial charge < -0.3 is 9.32 Å². The van der Waals surface area contributed by atoms with Gasteiger partial charge in [0.05, 0.1) is 5.69 Å².